The molecule has 1 aliphatic rings. The van der Waals surface area contributed by atoms with Gasteiger partial charge in [-0.3, -0.25) is 4.79 Å². The SMILES string of the molecule is CN(C)S(=O)(=O)Cc1ccc(CC(=O)N2CCN(c3ncnc4sc(CC(F)(F)F)cc34)CC2)cc1. The molecule has 1 amide bonds. The summed E-state index contributed by atoms with van der Waals surface area (Å²) in [6.07, 6.45) is -3.73. The number of hydrogen-bond acceptors (Lipinski definition) is 7. The number of benzene rings is 1. The fourth-order valence-corrected chi connectivity index (χ4v) is 5.87. The zero-order valence-corrected chi connectivity index (χ0v) is 21.5. The Kier molecular flexibility index (Phi) is 7.53. The second-order valence-corrected chi connectivity index (χ2v) is 12.1. The fourth-order valence-electron chi connectivity index (χ4n) is 3.98. The van der Waals surface area contributed by atoms with Crippen LogP contribution < -0.4 is 4.90 Å². The maximum Gasteiger partial charge on any atom is 0.393 e. The molecule has 0 unspecified atom stereocenters. The largest absolute Gasteiger partial charge is 0.393 e. The summed E-state index contributed by atoms with van der Waals surface area (Å²) in [5.41, 5.74) is 1.44. The molecule has 1 fully saturated rings. The highest BCUT2D eigenvalue weighted by atomic mass is 32.2. The van der Waals surface area contributed by atoms with Crippen molar-refractivity contribution in [3.8, 4) is 0 Å². The molecule has 1 aromatic carbocycles. The predicted octanol–water partition coefficient (Wildman–Crippen LogP) is 3.08. The van der Waals surface area contributed by atoms with Crippen LogP contribution in [0.3, 0.4) is 0 Å². The lowest BCUT2D eigenvalue weighted by Gasteiger charge is -2.35. The van der Waals surface area contributed by atoms with Crippen molar-refractivity contribution in [3.05, 3.63) is 52.7 Å². The summed E-state index contributed by atoms with van der Waals surface area (Å²) in [5.74, 6) is 0.438. The molecule has 0 saturated carbocycles. The molecule has 0 N–H and O–H groups in total. The van der Waals surface area contributed by atoms with E-state index in [-0.39, 0.29) is 23.0 Å². The van der Waals surface area contributed by atoms with Gasteiger partial charge in [0.25, 0.3) is 0 Å². The molecule has 3 heterocycles. The van der Waals surface area contributed by atoms with Crippen molar-refractivity contribution >= 4 is 43.3 Å². The van der Waals surface area contributed by atoms with Gasteiger partial charge in [0, 0.05) is 45.2 Å². The number of sulfonamides is 1. The Morgan fingerprint density at radius 3 is 2.31 bits per heavy atom. The quantitative estimate of drug-likeness (QED) is 0.457. The van der Waals surface area contributed by atoms with E-state index in [1.165, 1.54) is 30.8 Å². The first-order chi connectivity index (χ1) is 16.9. The van der Waals surface area contributed by atoms with Gasteiger partial charge in [-0.25, -0.2) is 22.7 Å². The van der Waals surface area contributed by atoms with Gasteiger partial charge in [0.15, 0.2) is 0 Å². The van der Waals surface area contributed by atoms with Gasteiger partial charge in [-0.15, -0.1) is 11.3 Å². The summed E-state index contributed by atoms with van der Waals surface area (Å²) in [6, 6.07) is 8.47. The van der Waals surface area contributed by atoms with Crippen LogP contribution in [0.5, 0.6) is 0 Å². The molecule has 0 aliphatic carbocycles. The van der Waals surface area contributed by atoms with Crippen molar-refractivity contribution < 1.29 is 26.4 Å². The molecule has 1 aliphatic heterocycles. The number of carbonyl (C=O) groups is 1. The summed E-state index contributed by atoms with van der Waals surface area (Å²) in [7, 11) is -0.384. The molecular formula is C23H26F3N5O3S2. The van der Waals surface area contributed by atoms with E-state index in [1.54, 1.807) is 29.2 Å². The lowest BCUT2D eigenvalue weighted by molar-refractivity contribution is -0.130. The number of hydrogen-bond donors (Lipinski definition) is 0. The molecule has 8 nitrogen and oxygen atoms in total. The van der Waals surface area contributed by atoms with Crippen molar-refractivity contribution in [1.82, 2.24) is 19.2 Å². The van der Waals surface area contributed by atoms with Gasteiger partial charge >= 0.3 is 6.18 Å². The summed E-state index contributed by atoms with van der Waals surface area (Å²) >= 11 is 1.02. The number of rotatable bonds is 7. The van der Waals surface area contributed by atoms with Gasteiger partial charge in [-0.1, -0.05) is 24.3 Å². The van der Waals surface area contributed by atoms with Gasteiger partial charge in [-0.2, -0.15) is 13.2 Å². The second kappa shape index (κ2) is 10.3. The number of fused-ring (bicyclic) bond motifs is 1. The summed E-state index contributed by atoms with van der Waals surface area (Å²) in [6.45, 7) is 1.93. The lowest BCUT2D eigenvalue weighted by atomic mass is 10.1. The molecule has 0 atom stereocenters. The Balaban J connectivity index is 1.36. The smallest absolute Gasteiger partial charge is 0.352 e. The first kappa shape index (κ1) is 26.3. The Labute approximate surface area is 211 Å². The van der Waals surface area contributed by atoms with Crippen LogP contribution in [-0.2, 0) is 33.4 Å². The zero-order valence-electron chi connectivity index (χ0n) is 19.8. The van der Waals surface area contributed by atoms with Crippen LogP contribution in [-0.4, -0.2) is 79.9 Å². The fraction of sp³-hybridized carbons (Fsp3) is 0.435. The first-order valence-electron chi connectivity index (χ1n) is 11.2. The molecule has 0 radical (unpaired) electrons. The Bertz CT molecular complexity index is 1330. The van der Waals surface area contributed by atoms with E-state index in [0.29, 0.717) is 47.8 Å². The van der Waals surface area contributed by atoms with Crippen LogP contribution in [0.4, 0.5) is 19.0 Å². The zero-order chi connectivity index (χ0) is 26.1. The maximum atomic E-state index is 12.8. The van der Waals surface area contributed by atoms with Crippen LogP contribution in [0.1, 0.15) is 16.0 Å². The summed E-state index contributed by atoms with van der Waals surface area (Å²) < 4.78 is 63.7. The number of anilines is 1. The monoisotopic (exact) mass is 541 g/mol. The highest BCUT2D eigenvalue weighted by Crippen LogP contribution is 2.34. The van der Waals surface area contributed by atoms with Crippen LogP contribution in [0, 0.1) is 0 Å². The minimum Gasteiger partial charge on any atom is -0.352 e. The highest BCUT2D eigenvalue weighted by Gasteiger charge is 2.30. The number of piperazine rings is 1. The third-order valence-electron chi connectivity index (χ3n) is 5.95. The van der Waals surface area contributed by atoms with Gasteiger partial charge in [-0.05, 0) is 17.2 Å². The predicted molar refractivity (Wildman–Crippen MR) is 132 cm³/mol. The average molecular weight is 542 g/mol. The van der Waals surface area contributed by atoms with Crippen LogP contribution in [0.2, 0.25) is 0 Å². The molecule has 2 aromatic heterocycles. The molecule has 3 aromatic rings. The van der Waals surface area contributed by atoms with E-state index in [0.717, 1.165) is 16.9 Å². The van der Waals surface area contributed by atoms with Crippen molar-refractivity contribution in [2.24, 2.45) is 0 Å². The van der Waals surface area contributed by atoms with Crippen molar-refractivity contribution in [3.63, 3.8) is 0 Å². The number of aromatic nitrogens is 2. The van der Waals surface area contributed by atoms with Gasteiger partial charge in [0.05, 0.1) is 24.0 Å². The summed E-state index contributed by atoms with van der Waals surface area (Å²) in [5, 5.41) is 0.595. The van der Waals surface area contributed by atoms with Gasteiger partial charge < -0.3 is 9.80 Å². The van der Waals surface area contributed by atoms with Crippen molar-refractivity contribution in [2.45, 2.75) is 24.8 Å². The molecule has 1 saturated heterocycles. The molecule has 194 valence electrons. The third kappa shape index (κ3) is 6.31. The number of thiophene rings is 1. The van der Waals surface area contributed by atoms with E-state index in [1.807, 2.05) is 4.90 Å². The molecule has 0 spiro atoms. The van der Waals surface area contributed by atoms with Crippen molar-refractivity contribution in [2.75, 3.05) is 45.2 Å². The Hall–Kier alpha value is -2.77. The number of alkyl halides is 3. The number of nitrogens with zero attached hydrogens (tertiary/aromatic N) is 5. The number of halogens is 3. The molecular weight excluding hydrogens is 515 g/mol. The third-order valence-corrected chi connectivity index (χ3v) is 8.80. The van der Waals surface area contributed by atoms with E-state index in [2.05, 4.69) is 9.97 Å². The van der Waals surface area contributed by atoms with Gasteiger partial charge in [0.1, 0.15) is 17.0 Å². The van der Waals surface area contributed by atoms with E-state index >= 15 is 0 Å². The standard InChI is InChI=1S/C23H26F3N5O3S2/c1-29(2)36(33,34)14-17-5-3-16(4-6-17)11-20(32)30-7-9-31(10-8-30)21-19-12-18(13-23(24,25)26)35-22(19)28-15-27-21/h3-6,12,15H,7-11,13-14H2,1-2H3. The topological polar surface area (TPSA) is 86.7 Å². The minimum absolute atomic E-state index is 0.0425. The number of amides is 1. The normalized spacial score (nSPS) is 15.2. The van der Waals surface area contributed by atoms with Crippen molar-refractivity contribution in [1.29, 1.82) is 0 Å². The second-order valence-electron chi connectivity index (χ2n) is 8.82. The summed E-state index contributed by atoms with van der Waals surface area (Å²) in [4.78, 5) is 25.7. The minimum atomic E-state index is -4.29. The van der Waals surface area contributed by atoms with E-state index in [4.69, 9.17) is 0 Å². The Morgan fingerprint density at radius 2 is 1.69 bits per heavy atom. The number of carbonyl (C=O) groups excluding carboxylic acids is 1. The molecule has 36 heavy (non-hydrogen) atoms. The van der Waals surface area contributed by atoms with Crippen LogP contribution in [0.15, 0.2) is 36.7 Å². The first-order valence-corrected chi connectivity index (χ1v) is 13.6. The highest BCUT2D eigenvalue weighted by molar-refractivity contribution is 7.88. The van der Waals surface area contributed by atoms with E-state index < -0.39 is 22.6 Å². The Morgan fingerprint density at radius 1 is 1.06 bits per heavy atom. The average Bonchev–Trinajstić information content (AvgIpc) is 3.21. The molecule has 13 heteroatoms. The molecule has 0 bridgehead atoms. The lowest BCUT2D eigenvalue weighted by Crippen LogP contribution is -2.49. The van der Waals surface area contributed by atoms with Gasteiger partial charge in [0.2, 0.25) is 15.9 Å². The molecule has 4 rings (SSSR count). The van der Waals surface area contributed by atoms with Crippen LogP contribution in [0.25, 0.3) is 10.2 Å². The van der Waals surface area contributed by atoms with E-state index in [9.17, 15) is 26.4 Å². The maximum absolute atomic E-state index is 12.8. The van der Waals surface area contributed by atoms with Crippen LogP contribution >= 0.6 is 11.3 Å².